The molecule has 17 heavy (non-hydrogen) atoms. The Kier molecular flexibility index (Phi) is 4.99. The molecule has 0 aliphatic rings. The summed E-state index contributed by atoms with van der Waals surface area (Å²) >= 11 is 3.08. The lowest BCUT2D eigenvalue weighted by molar-refractivity contribution is -0.142. The van der Waals surface area contributed by atoms with Crippen LogP contribution in [-0.2, 0) is 16.0 Å². The van der Waals surface area contributed by atoms with E-state index in [1.807, 2.05) is 0 Å². The number of aromatic nitrogens is 1. The van der Waals surface area contributed by atoms with Gasteiger partial charge in [0.05, 0.1) is 18.6 Å². The van der Waals surface area contributed by atoms with Gasteiger partial charge in [-0.3, -0.25) is 9.78 Å². The molecule has 0 aliphatic carbocycles. The summed E-state index contributed by atoms with van der Waals surface area (Å²) in [6.07, 6.45) is -1.58. The Bertz CT molecular complexity index is 424. The fourth-order valence-corrected chi connectivity index (χ4v) is 2.05. The molecule has 0 saturated carbocycles. The molecule has 0 unspecified atom stereocenters. The quantitative estimate of drug-likeness (QED) is 0.802. The highest BCUT2D eigenvalue weighted by atomic mass is 79.9. The topological polar surface area (TPSA) is 39.2 Å². The number of carbonyl (C=O) groups is 1. The summed E-state index contributed by atoms with van der Waals surface area (Å²) in [5.41, 5.74) is 0.769. The molecule has 0 atom stereocenters. The first-order chi connectivity index (χ1) is 7.97. The molecule has 1 aromatic rings. The first-order valence-corrected chi connectivity index (χ1v) is 5.84. The van der Waals surface area contributed by atoms with E-state index in [4.69, 9.17) is 4.74 Å². The van der Waals surface area contributed by atoms with Gasteiger partial charge in [0, 0.05) is 16.4 Å². The molecule has 1 aromatic heterocycles. The van der Waals surface area contributed by atoms with Crippen molar-refractivity contribution in [2.24, 2.45) is 0 Å². The lowest BCUT2D eigenvalue weighted by Gasteiger charge is -2.11. The zero-order valence-electron chi connectivity index (χ0n) is 9.47. The van der Waals surface area contributed by atoms with Crippen LogP contribution in [0.15, 0.2) is 10.7 Å². The fraction of sp³-hybridized carbons (Fsp3) is 0.455. The zero-order chi connectivity index (χ0) is 13.0. The predicted molar refractivity (Wildman–Crippen MR) is 62.0 cm³/mol. The molecule has 0 spiro atoms. The van der Waals surface area contributed by atoms with E-state index in [2.05, 4.69) is 20.9 Å². The van der Waals surface area contributed by atoms with Crippen molar-refractivity contribution in [3.8, 4) is 0 Å². The van der Waals surface area contributed by atoms with Gasteiger partial charge in [0.1, 0.15) is 0 Å². The van der Waals surface area contributed by atoms with Crippen LogP contribution in [0.2, 0.25) is 0 Å². The first kappa shape index (κ1) is 14.0. The molecule has 0 saturated heterocycles. The van der Waals surface area contributed by atoms with Crippen LogP contribution in [0.5, 0.6) is 0 Å². The summed E-state index contributed by atoms with van der Waals surface area (Å²) in [5, 5.41) is 0. The number of halogens is 3. The number of carbonyl (C=O) groups excluding carboxylic acids is 1. The van der Waals surface area contributed by atoms with Crippen molar-refractivity contribution in [2.45, 2.75) is 26.7 Å². The maximum Gasteiger partial charge on any atom is 0.310 e. The molecule has 0 N–H and O–H groups in total. The Balaban J connectivity index is 3.05. The van der Waals surface area contributed by atoms with E-state index >= 15 is 0 Å². The van der Waals surface area contributed by atoms with Crippen molar-refractivity contribution in [3.05, 3.63) is 27.5 Å². The highest BCUT2D eigenvalue weighted by molar-refractivity contribution is 9.10. The molecular formula is C11H12BrF2NO2. The number of hydrogen-bond acceptors (Lipinski definition) is 3. The van der Waals surface area contributed by atoms with E-state index in [0.29, 0.717) is 11.3 Å². The third-order valence-corrected chi connectivity index (χ3v) is 3.15. The Labute approximate surface area is 106 Å². The number of pyridine rings is 1. The van der Waals surface area contributed by atoms with E-state index in [9.17, 15) is 13.6 Å². The monoisotopic (exact) mass is 307 g/mol. The molecule has 0 radical (unpaired) electrons. The molecule has 94 valence electrons. The molecular weight excluding hydrogens is 296 g/mol. The third-order valence-electron chi connectivity index (χ3n) is 2.21. The SMILES string of the molecule is CCOC(=O)Cc1c(C)ncc(C(F)F)c1Br. The van der Waals surface area contributed by atoms with Crippen molar-refractivity contribution in [3.63, 3.8) is 0 Å². The zero-order valence-corrected chi connectivity index (χ0v) is 11.1. The highest BCUT2D eigenvalue weighted by Gasteiger charge is 2.19. The van der Waals surface area contributed by atoms with Gasteiger partial charge in [-0.1, -0.05) is 0 Å². The van der Waals surface area contributed by atoms with E-state index in [1.54, 1.807) is 13.8 Å². The van der Waals surface area contributed by atoms with Gasteiger partial charge in [0.25, 0.3) is 6.43 Å². The summed E-state index contributed by atoms with van der Waals surface area (Å²) in [4.78, 5) is 15.2. The fourth-order valence-electron chi connectivity index (χ4n) is 1.35. The standard InChI is InChI=1S/C11H12BrF2NO2/c1-3-17-9(16)4-7-6(2)15-5-8(10(7)12)11(13)14/h5,11H,3-4H2,1-2H3. The van der Waals surface area contributed by atoms with Crippen molar-refractivity contribution in [1.82, 2.24) is 4.98 Å². The highest BCUT2D eigenvalue weighted by Crippen LogP contribution is 2.31. The smallest absolute Gasteiger partial charge is 0.310 e. The predicted octanol–water partition coefficient (Wildman–Crippen LogP) is 3.20. The minimum atomic E-state index is -2.63. The van der Waals surface area contributed by atoms with Crippen LogP contribution in [0, 0.1) is 6.92 Å². The normalized spacial score (nSPS) is 10.7. The van der Waals surface area contributed by atoms with E-state index in [0.717, 1.165) is 6.20 Å². The number of nitrogens with zero attached hydrogens (tertiary/aromatic N) is 1. The maximum atomic E-state index is 12.6. The Morgan fingerprint density at radius 2 is 2.24 bits per heavy atom. The lowest BCUT2D eigenvalue weighted by Crippen LogP contribution is -2.10. The number of rotatable bonds is 4. The van der Waals surface area contributed by atoms with Gasteiger partial charge in [-0.05, 0) is 35.3 Å². The average Bonchev–Trinajstić information content (AvgIpc) is 2.24. The number of alkyl halides is 2. The largest absolute Gasteiger partial charge is 0.466 e. The van der Waals surface area contributed by atoms with Crippen LogP contribution in [0.1, 0.15) is 30.2 Å². The van der Waals surface area contributed by atoms with Crippen LogP contribution in [0.3, 0.4) is 0 Å². The van der Waals surface area contributed by atoms with E-state index < -0.39 is 12.4 Å². The first-order valence-electron chi connectivity index (χ1n) is 5.05. The Morgan fingerprint density at radius 3 is 2.76 bits per heavy atom. The molecule has 0 bridgehead atoms. The average molecular weight is 308 g/mol. The Morgan fingerprint density at radius 1 is 1.59 bits per heavy atom. The Hall–Kier alpha value is -1.04. The number of hydrogen-bond donors (Lipinski definition) is 0. The van der Waals surface area contributed by atoms with Gasteiger partial charge in [0.15, 0.2) is 0 Å². The van der Waals surface area contributed by atoms with Gasteiger partial charge >= 0.3 is 5.97 Å². The van der Waals surface area contributed by atoms with Gasteiger partial charge in [-0.2, -0.15) is 0 Å². The van der Waals surface area contributed by atoms with Crippen LogP contribution in [0.4, 0.5) is 8.78 Å². The number of aryl methyl sites for hydroxylation is 1. The van der Waals surface area contributed by atoms with Crippen molar-refractivity contribution in [1.29, 1.82) is 0 Å². The van der Waals surface area contributed by atoms with E-state index in [-0.39, 0.29) is 23.1 Å². The molecule has 0 fully saturated rings. The minimum Gasteiger partial charge on any atom is -0.466 e. The molecule has 6 heteroatoms. The van der Waals surface area contributed by atoms with Crippen molar-refractivity contribution >= 4 is 21.9 Å². The number of esters is 1. The second-order valence-corrected chi connectivity index (χ2v) is 4.17. The second-order valence-electron chi connectivity index (χ2n) is 3.37. The summed E-state index contributed by atoms with van der Waals surface area (Å²) in [5.74, 6) is -0.454. The third kappa shape index (κ3) is 3.46. The van der Waals surface area contributed by atoms with Crippen LogP contribution in [-0.4, -0.2) is 17.6 Å². The minimum absolute atomic E-state index is 0.0617. The molecule has 0 aromatic carbocycles. The van der Waals surface area contributed by atoms with Crippen LogP contribution in [0.25, 0.3) is 0 Å². The van der Waals surface area contributed by atoms with Gasteiger partial charge < -0.3 is 4.74 Å². The maximum absolute atomic E-state index is 12.6. The summed E-state index contributed by atoms with van der Waals surface area (Å²) in [6, 6.07) is 0. The number of ether oxygens (including phenoxy) is 1. The molecule has 0 aliphatic heterocycles. The van der Waals surface area contributed by atoms with Gasteiger partial charge in [-0.15, -0.1) is 0 Å². The summed E-state index contributed by atoms with van der Waals surface area (Å²) in [7, 11) is 0. The molecule has 0 amide bonds. The second kappa shape index (κ2) is 6.05. The van der Waals surface area contributed by atoms with Crippen LogP contribution >= 0.6 is 15.9 Å². The molecule has 1 heterocycles. The molecule has 3 nitrogen and oxygen atoms in total. The van der Waals surface area contributed by atoms with Gasteiger partial charge in [-0.25, -0.2) is 8.78 Å². The van der Waals surface area contributed by atoms with Crippen molar-refractivity contribution < 1.29 is 18.3 Å². The van der Waals surface area contributed by atoms with Crippen LogP contribution < -0.4 is 0 Å². The lowest BCUT2D eigenvalue weighted by atomic mass is 10.1. The van der Waals surface area contributed by atoms with E-state index in [1.165, 1.54) is 0 Å². The van der Waals surface area contributed by atoms with Gasteiger partial charge in [0.2, 0.25) is 0 Å². The molecule has 1 rings (SSSR count). The summed E-state index contributed by atoms with van der Waals surface area (Å²) < 4.78 is 30.3. The summed E-state index contributed by atoms with van der Waals surface area (Å²) in [6.45, 7) is 3.61. The van der Waals surface area contributed by atoms with Crippen molar-refractivity contribution in [2.75, 3.05) is 6.61 Å².